The maximum absolute atomic E-state index is 5.38. The van der Waals surface area contributed by atoms with Crippen molar-refractivity contribution in [1.82, 2.24) is 4.90 Å². The smallest absolute Gasteiger partial charge is 0.165 e. The highest BCUT2D eigenvalue weighted by molar-refractivity contribution is 8.13. The molecule has 0 aliphatic carbocycles. The monoisotopic (exact) mass is 510 g/mol. The Hall–Kier alpha value is -3.70. The summed E-state index contributed by atoms with van der Waals surface area (Å²) in [7, 11) is 3.39. The number of amidine groups is 1. The van der Waals surface area contributed by atoms with Crippen molar-refractivity contribution < 1.29 is 9.47 Å². The predicted octanol–water partition coefficient (Wildman–Crippen LogP) is 7.94. The number of nitrogens with zero attached hydrogens (tertiary/aromatic N) is 2. The summed E-state index contributed by atoms with van der Waals surface area (Å²) in [5.74, 6) is 2.55. The Kier molecular flexibility index (Phi) is 9.28. The molecule has 4 nitrogen and oxygen atoms in total. The first-order valence-corrected chi connectivity index (χ1v) is 13.4. The Morgan fingerprint density at radius 2 is 1.24 bits per heavy atom. The molecule has 5 heteroatoms. The second-order valence-corrected chi connectivity index (χ2v) is 9.88. The number of benzene rings is 4. The Labute approximate surface area is 225 Å². The zero-order valence-corrected chi connectivity index (χ0v) is 22.8. The number of rotatable bonds is 9. The molecule has 37 heavy (non-hydrogen) atoms. The second kappa shape index (κ2) is 13.0. The molecule has 0 bridgehead atoms. The molecule has 0 saturated carbocycles. The minimum atomic E-state index is 0.724. The van der Waals surface area contributed by atoms with E-state index in [9.17, 15) is 0 Å². The number of hydrogen-bond acceptors (Lipinski definition) is 4. The molecule has 0 atom stereocenters. The van der Waals surface area contributed by atoms with Crippen LogP contribution in [0.2, 0.25) is 0 Å². The molecule has 0 unspecified atom stereocenters. The lowest BCUT2D eigenvalue weighted by atomic mass is 10.1. The molecule has 0 heterocycles. The lowest BCUT2D eigenvalue weighted by Crippen LogP contribution is -2.28. The average Bonchev–Trinajstić information content (AvgIpc) is 2.94. The van der Waals surface area contributed by atoms with Crippen LogP contribution in [0.25, 0.3) is 0 Å². The Morgan fingerprint density at radius 3 is 1.78 bits per heavy atom. The van der Waals surface area contributed by atoms with E-state index in [-0.39, 0.29) is 0 Å². The van der Waals surface area contributed by atoms with Gasteiger partial charge in [-0.25, -0.2) is 4.99 Å². The number of aryl methyl sites for hydroxylation is 1. The quantitative estimate of drug-likeness (QED) is 0.169. The van der Waals surface area contributed by atoms with Gasteiger partial charge in [0.25, 0.3) is 0 Å². The van der Waals surface area contributed by atoms with E-state index in [1.54, 1.807) is 26.0 Å². The van der Waals surface area contributed by atoms with E-state index in [4.69, 9.17) is 14.5 Å². The van der Waals surface area contributed by atoms with Crippen LogP contribution in [0.15, 0.2) is 102 Å². The molecule has 0 aromatic heterocycles. The zero-order valence-electron chi connectivity index (χ0n) is 22.0. The molecule has 0 saturated heterocycles. The van der Waals surface area contributed by atoms with E-state index in [0.717, 1.165) is 41.2 Å². The average molecular weight is 511 g/mol. The van der Waals surface area contributed by atoms with Gasteiger partial charge in [0.1, 0.15) is 11.5 Å². The molecular formula is C32H34N2O2S. The summed E-state index contributed by atoms with van der Waals surface area (Å²) in [5, 5.41) is 0.990. The third-order valence-corrected chi connectivity index (χ3v) is 7.42. The van der Waals surface area contributed by atoms with Gasteiger partial charge in [-0.05, 0) is 72.0 Å². The van der Waals surface area contributed by atoms with Gasteiger partial charge in [0.05, 0.1) is 19.9 Å². The van der Waals surface area contributed by atoms with Crippen LogP contribution in [-0.2, 0) is 18.8 Å². The third kappa shape index (κ3) is 7.40. The highest BCUT2D eigenvalue weighted by Crippen LogP contribution is 2.28. The van der Waals surface area contributed by atoms with Crippen LogP contribution in [0.1, 0.15) is 27.8 Å². The van der Waals surface area contributed by atoms with E-state index in [1.165, 1.54) is 27.8 Å². The topological polar surface area (TPSA) is 34.1 Å². The molecule has 190 valence electrons. The molecule has 0 aliphatic heterocycles. The molecule has 4 aromatic carbocycles. The summed E-state index contributed by atoms with van der Waals surface area (Å²) >= 11 is 1.77. The summed E-state index contributed by atoms with van der Waals surface area (Å²) in [4.78, 5) is 7.61. The van der Waals surface area contributed by atoms with E-state index < -0.39 is 0 Å². The lowest BCUT2D eigenvalue weighted by Gasteiger charge is -2.27. The fraction of sp³-hybridized carbons (Fsp3) is 0.219. The molecule has 0 fully saturated rings. The van der Waals surface area contributed by atoms with Gasteiger partial charge in [0, 0.05) is 18.8 Å². The second-order valence-electron chi connectivity index (χ2n) is 8.94. The zero-order chi connectivity index (χ0) is 26.0. The van der Waals surface area contributed by atoms with Gasteiger partial charge in [-0.3, -0.25) is 0 Å². The van der Waals surface area contributed by atoms with Crippen LogP contribution in [0, 0.1) is 13.8 Å². The first kappa shape index (κ1) is 26.4. The fourth-order valence-corrected chi connectivity index (χ4v) is 4.93. The van der Waals surface area contributed by atoms with Gasteiger partial charge in [0.15, 0.2) is 5.17 Å². The van der Waals surface area contributed by atoms with Gasteiger partial charge in [-0.2, -0.15) is 0 Å². The minimum absolute atomic E-state index is 0.724. The maximum Gasteiger partial charge on any atom is 0.165 e. The SMILES string of the molecule is COc1ccc(CN(Cc2ccc(OC)cc2)C(=Nc2cccc(C)c2C)SCc2ccccc2)cc1. The van der Waals surface area contributed by atoms with Crippen LogP contribution >= 0.6 is 11.8 Å². The summed E-state index contributed by atoms with van der Waals surface area (Å²) in [6.45, 7) is 5.73. The Morgan fingerprint density at radius 1 is 0.676 bits per heavy atom. The summed E-state index contributed by atoms with van der Waals surface area (Å²) in [6.07, 6.45) is 0. The summed E-state index contributed by atoms with van der Waals surface area (Å²) in [6, 6.07) is 33.4. The molecular weight excluding hydrogens is 476 g/mol. The van der Waals surface area contributed by atoms with Crippen LogP contribution in [0.4, 0.5) is 5.69 Å². The third-order valence-electron chi connectivity index (χ3n) is 6.34. The van der Waals surface area contributed by atoms with E-state index in [0.29, 0.717) is 0 Å². The van der Waals surface area contributed by atoms with Crippen molar-refractivity contribution in [2.24, 2.45) is 4.99 Å². The van der Waals surface area contributed by atoms with Crippen molar-refractivity contribution >= 4 is 22.6 Å². The molecule has 0 radical (unpaired) electrons. The highest BCUT2D eigenvalue weighted by Gasteiger charge is 2.16. The van der Waals surface area contributed by atoms with Gasteiger partial charge >= 0.3 is 0 Å². The number of thioether (sulfide) groups is 1. The molecule has 0 aliphatic rings. The number of aliphatic imine (C=N–C) groups is 1. The normalized spacial score (nSPS) is 11.3. The van der Waals surface area contributed by atoms with E-state index in [1.807, 2.05) is 24.3 Å². The van der Waals surface area contributed by atoms with Gasteiger partial charge in [-0.15, -0.1) is 0 Å². The predicted molar refractivity (Wildman–Crippen MR) is 156 cm³/mol. The van der Waals surface area contributed by atoms with Crippen LogP contribution < -0.4 is 9.47 Å². The Bertz CT molecular complexity index is 1250. The molecule has 0 spiro atoms. The molecule has 0 N–H and O–H groups in total. The van der Waals surface area contributed by atoms with Gasteiger partial charge in [0.2, 0.25) is 0 Å². The first-order chi connectivity index (χ1) is 18.1. The van der Waals surface area contributed by atoms with Crippen molar-refractivity contribution in [2.75, 3.05) is 14.2 Å². The van der Waals surface area contributed by atoms with Crippen molar-refractivity contribution in [1.29, 1.82) is 0 Å². The van der Waals surface area contributed by atoms with Gasteiger partial charge in [-0.1, -0.05) is 78.5 Å². The van der Waals surface area contributed by atoms with Crippen LogP contribution in [-0.4, -0.2) is 24.3 Å². The standard InChI is InChI=1S/C32H34N2O2S/c1-24-9-8-12-31(25(24)2)33-32(37-23-28-10-6-5-7-11-28)34(21-26-13-17-29(35-3)18-14-26)22-27-15-19-30(36-4)20-16-27/h5-20H,21-23H2,1-4H3. The largest absolute Gasteiger partial charge is 0.497 e. The van der Waals surface area contributed by atoms with Gasteiger partial charge < -0.3 is 14.4 Å². The maximum atomic E-state index is 5.38. The summed E-state index contributed by atoms with van der Waals surface area (Å²) < 4.78 is 10.8. The van der Waals surface area contributed by atoms with Crippen molar-refractivity contribution in [3.63, 3.8) is 0 Å². The van der Waals surface area contributed by atoms with Crippen molar-refractivity contribution in [2.45, 2.75) is 32.7 Å². The highest BCUT2D eigenvalue weighted by atomic mass is 32.2. The van der Waals surface area contributed by atoms with Crippen LogP contribution in [0.3, 0.4) is 0 Å². The van der Waals surface area contributed by atoms with E-state index >= 15 is 0 Å². The lowest BCUT2D eigenvalue weighted by molar-refractivity contribution is 0.405. The molecule has 0 amide bonds. The molecule has 4 aromatic rings. The number of ether oxygens (including phenoxy) is 2. The van der Waals surface area contributed by atoms with Crippen LogP contribution in [0.5, 0.6) is 11.5 Å². The number of hydrogen-bond donors (Lipinski definition) is 0. The summed E-state index contributed by atoms with van der Waals surface area (Å²) in [5.41, 5.74) is 7.12. The van der Waals surface area contributed by atoms with E-state index in [2.05, 4.69) is 91.5 Å². The number of methoxy groups -OCH3 is 2. The molecule has 4 rings (SSSR count). The Balaban J connectivity index is 1.72. The first-order valence-electron chi connectivity index (χ1n) is 12.4. The van der Waals surface area contributed by atoms with Crippen molar-refractivity contribution in [3.05, 3.63) is 125 Å². The minimum Gasteiger partial charge on any atom is -0.497 e. The van der Waals surface area contributed by atoms with Crippen molar-refractivity contribution in [3.8, 4) is 11.5 Å². The fourth-order valence-electron chi connectivity index (χ4n) is 3.97.